The highest BCUT2D eigenvalue weighted by Gasteiger charge is 2.41. The second-order valence-corrected chi connectivity index (χ2v) is 27.4. The lowest BCUT2D eigenvalue weighted by Crippen LogP contribution is -2.62. The number of aliphatic hydroxyl groups excluding tert-OH is 1. The molecule has 1 heterocycles. The van der Waals surface area contributed by atoms with Crippen molar-refractivity contribution in [3.05, 3.63) is 65.7 Å². The molecule has 0 saturated carbocycles. The van der Waals surface area contributed by atoms with Crippen LogP contribution in [0.25, 0.3) is 0 Å². The highest BCUT2D eigenvalue weighted by Crippen LogP contribution is 2.22. The number of rotatable bonds is 53. The number of hydrogen-bond acceptors (Lipinski definition) is 22. The summed E-state index contributed by atoms with van der Waals surface area (Å²) in [4.78, 5) is 196. The van der Waals surface area contributed by atoms with Crippen molar-refractivity contribution < 1.29 is 82.4 Å². The SMILES string of the molecule is CC(C)[C@H](NC(=O)[C@H](CC(N)=O)NC(=O)[C@H](CO)NC(=O)[C@H](Cc1ccc(O)cc1)NC(=O)[C@H](CCCNC(=N)N)NC(=O)[C@H](CCCNC(=N)N)NC(=O)[C@H](CCC(N)=O)NC(=O)[C@@H]1CCCN1C(=O)[C@H](CCCNC(=N)N)NC(=O)[C@H](CCCCN)NC(=O)[C@@H](N)CCCCN)C(=O)N[C@@H](Cc1ccccc1)C(=O)O. The highest BCUT2D eigenvalue weighted by molar-refractivity contribution is 6.00. The first kappa shape index (κ1) is 94.7. The number of amides is 13. The molecule has 0 radical (unpaired) electrons. The monoisotopic (exact) mass is 1580 g/mol. The molecule has 2 aromatic rings. The van der Waals surface area contributed by atoms with Crippen molar-refractivity contribution in [3.63, 3.8) is 0 Å². The Kier molecular flexibility index (Phi) is 42.5. The zero-order valence-corrected chi connectivity index (χ0v) is 63.2. The van der Waals surface area contributed by atoms with Crippen LogP contribution in [-0.4, -0.2) is 239 Å². The van der Waals surface area contributed by atoms with Crippen LogP contribution < -0.4 is 115 Å². The largest absolute Gasteiger partial charge is 0.508 e. The molecule has 1 saturated heterocycles. The molecule has 1 fully saturated rings. The van der Waals surface area contributed by atoms with Gasteiger partial charge < -0.3 is 135 Å². The van der Waals surface area contributed by atoms with E-state index in [1.165, 1.54) is 43.0 Å². The van der Waals surface area contributed by atoms with Crippen LogP contribution in [0.2, 0.25) is 0 Å². The van der Waals surface area contributed by atoms with E-state index in [-0.39, 0.29) is 121 Å². The maximum atomic E-state index is 14.8. The predicted molar refractivity (Wildman–Crippen MR) is 409 cm³/mol. The third-order valence-corrected chi connectivity index (χ3v) is 17.9. The molecule has 1 aliphatic heterocycles. The second kappa shape index (κ2) is 50.3. The van der Waals surface area contributed by atoms with E-state index in [1.807, 2.05) is 0 Å². The molecule has 0 spiro atoms. The summed E-state index contributed by atoms with van der Waals surface area (Å²) < 4.78 is 0. The number of phenolic OH excluding ortho intramolecular Hbond substituents is 1. The number of carboxylic acids is 1. The molecule has 35 N–H and O–H groups in total. The van der Waals surface area contributed by atoms with Gasteiger partial charge in [0.1, 0.15) is 72.2 Å². The zero-order chi connectivity index (χ0) is 83.6. The summed E-state index contributed by atoms with van der Waals surface area (Å²) in [6.07, 6.45) is -0.339. The number of likely N-dealkylation sites (tertiary alicyclic amines) is 1. The molecule has 0 aliphatic carbocycles. The van der Waals surface area contributed by atoms with Gasteiger partial charge in [-0.05, 0) is 132 Å². The third-order valence-electron chi connectivity index (χ3n) is 17.9. The van der Waals surface area contributed by atoms with E-state index in [4.69, 9.17) is 62.1 Å². The molecule has 12 atom stereocenters. The standard InChI is InChI=1S/C70H115N25O17/c1-38(2)55(65(109)92-50(67(111)112)35-39-14-4-3-5-15-39)94-62(106)49(36-54(75)99)91-63(107)51(37-96)93-61(105)48(34-40-22-24-41(97)25-23-40)90-59(103)45(19-11-31-83-69(78)79)86-57(101)44(18-10-30-82-68(76)77)87-60(104)46(26-27-53(74)98)88-64(108)52-21-13-33-95(52)66(110)47(20-12-32-84-70(80)81)89-58(102)43(17-7-9-29-72)85-56(100)42(73)16-6-8-28-71/h3-5,14-15,22-25,38,42-52,55,96-97H,6-13,16-21,26-37,71-73H2,1-2H3,(H2,74,98)(H2,75,99)(H,85,100)(H,86,101)(H,87,104)(H,88,108)(H,89,102)(H,90,103)(H,91,107)(H,92,109)(H,93,105)(H,94,106)(H,111,112)(H4,76,77,82)(H4,78,79,83)(H4,80,81,84)/t42-,43-,44-,45-,46-,47-,48-,49-,50-,51-,52-,55-/m0/s1. The fourth-order valence-electron chi connectivity index (χ4n) is 11.8. The minimum Gasteiger partial charge on any atom is -0.508 e. The predicted octanol–water partition coefficient (Wildman–Crippen LogP) is -7.73. The number of nitrogens with one attached hydrogen (secondary N) is 16. The van der Waals surface area contributed by atoms with Crippen LogP contribution in [0.4, 0.5) is 0 Å². The molecule has 1 aliphatic rings. The molecule has 622 valence electrons. The van der Waals surface area contributed by atoms with E-state index in [1.54, 1.807) is 30.3 Å². The number of carboxylic acid groups (broad SMARTS) is 1. The summed E-state index contributed by atoms with van der Waals surface area (Å²) in [6.45, 7) is 2.42. The number of aromatic hydroxyl groups is 1. The number of aliphatic carboxylic acids is 1. The lowest BCUT2D eigenvalue weighted by Gasteiger charge is -2.31. The Hall–Kier alpha value is -11.5. The number of nitrogens with zero attached hydrogens (tertiary/aromatic N) is 1. The van der Waals surface area contributed by atoms with Crippen molar-refractivity contribution in [2.45, 2.75) is 208 Å². The molecule has 13 amide bonds. The summed E-state index contributed by atoms with van der Waals surface area (Å²) in [6, 6.07) is -4.76. The van der Waals surface area contributed by atoms with Gasteiger partial charge in [-0.1, -0.05) is 62.7 Å². The molecule has 42 heteroatoms. The molecule has 0 aromatic heterocycles. The number of guanidine groups is 3. The molecule has 2 aromatic carbocycles. The minimum absolute atomic E-state index is 0.0241. The summed E-state index contributed by atoms with van der Waals surface area (Å²) in [5, 5.41) is 86.6. The smallest absolute Gasteiger partial charge is 0.326 e. The van der Waals surface area contributed by atoms with E-state index in [0.29, 0.717) is 37.8 Å². The van der Waals surface area contributed by atoms with Gasteiger partial charge in [0.05, 0.1) is 19.1 Å². The zero-order valence-electron chi connectivity index (χ0n) is 63.2. The number of primary amides is 2. The number of hydrogen-bond donors (Lipinski definition) is 27. The van der Waals surface area contributed by atoms with Crippen LogP contribution in [0, 0.1) is 22.1 Å². The average molecular weight is 1580 g/mol. The topological polar surface area (TPSA) is 739 Å². The van der Waals surface area contributed by atoms with Crippen molar-refractivity contribution >= 4 is 101 Å². The number of aliphatic hydroxyl groups is 1. The molecule has 0 bridgehead atoms. The van der Waals surface area contributed by atoms with Crippen LogP contribution in [0.15, 0.2) is 54.6 Å². The normalized spacial score (nSPS) is 15.3. The van der Waals surface area contributed by atoms with Crippen LogP contribution >= 0.6 is 0 Å². The van der Waals surface area contributed by atoms with Gasteiger partial charge in [-0.3, -0.25) is 78.6 Å². The lowest BCUT2D eigenvalue weighted by molar-refractivity contribution is -0.143. The number of nitrogens with two attached hydrogens (primary N) is 8. The summed E-state index contributed by atoms with van der Waals surface area (Å²) in [5.74, 6) is -16.5. The highest BCUT2D eigenvalue weighted by atomic mass is 16.4. The number of unbranched alkanes of at least 4 members (excludes halogenated alkanes) is 2. The molecule has 112 heavy (non-hydrogen) atoms. The maximum Gasteiger partial charge on any atom is 0.326 e. The van der Waals surface area contributed by atoms with Crippen LogP contribution in [0.1, 0.15) is 134 Å². The van der Waals surface area contributed by atoms with E-state index in [9.17, 15) is 82.4 Å². The number of carbonyl (C=O) groups excluding carboxylic acids is 13. The van der Waals surface area contributed by atoms with Gasteiger partial charge in [0.25, 0.3) is 0 Å². The Labute approximate surface area is 648 Å². The number of carbonyl (C=O) groups is 14. The Morgan fingerprint density at radius 1 is 0.464 bits per heavy atom. The maximum absolute atomic E-state index is 14.8. The van der Waals surface area contributed by atoms with Crippen molar-refractivity contribution in [3.8, 4) is 5.75 Å². The van der Waals surface area contributed by atoms with E-state index >= 15 is 0 Å². The van der Waals surface area contributed by atoms with Crippen LogP contribution in [0.3, 0.4) is 0 Å². The Morgan fingerprint density at radius 3 is 1.36 bits per heavy atom. The van der Waals surface area contributed by atoms with Gasteiger partial charge in [0, 0.05) is 45.4 Å². The molecule has 0 unspecified atom stereocenters. The Balaban J connectivity index is 2.02. The van der Waals surface area contributed by atoms with Crippen molar-refractivity contribution in [2.24, 2.45) is 51.8 Å². The van der Waals surface area contributed by atoms with Gasteiger partial charge in [0.2, 0.25) is 76.8 Å². The van der Waals surface area contributed by atoms with Crippen molar-refractivity contribution in [1.29, 1.82) is 16.2 Å². The first-order valence-corrected chi connectivity index (χ1v) is 37.0. The second-order valence-electron chi connectivity index (χ2n) is 27.4. The first-order valence-electron chi connectivity index (χ1n) is 37.0. The van der Waals surface area contributed by atoms with E-state index in [0.717, 1.165) is 0 Å². The lowest BCUT2D eigenvalue weighted by atomic mass is 10.0. The van der Waals surface area contributed by atoms with Gasteiger partial charge in [0.15, 0.2) is 17.9 Å². The molecule has 42 nitrogen and oxygen atoms in total. The summed E-state index contributed by atoms with van der Waals surface area (Å²) >= 11 is 0. The third kappa shape index (κ3) is 35.4. The van der Waals surface area contributed by atoms with E-state index < -0.39 is 205 Å². The Morgan fingerprint density at radius 2 is 0.875 bits per heavy atom. The van der Waals surface area contributed by atoms with Gasteiger partial charge in [-0.15, -0.1) is 0 Å². The number of benzene rings is 2. The van der Waals surface area contributed by atoms with Crippen molar-refractivity contribution in [2.75, 3.05) is 45.9 Å². The fraction of sp³-hybridized carbons (Fsp3) is 0.586. The quantitative estimate of drug-likeness (QED) is 0.0166. The fourth-order valence-corrected chi connectivity index (χ4v) is 11.8. The van der Waals surface area contributed by atoms with Gasteiger partial charge in [-0.25, -0.2) is 4.79 Å². The van der Waals surface area contributed by atoms with Gasteiger partial charge >= 0.3 is 5.97 Å². The number of phenols is 1. The van der Waals surface area contributed by atoms with Crippen LogP contribution in [0.5, 0.6) is 5.75 Å². The van der Waals surface area contributed by atoms with Gasteiger partial charge in [-0.2, -0.15) is 0 Å². The molecular weight excluding hydrogens is 1460 g/mol. The average Bonchev–Trinajstić information content (AvgIpc) is 1.64. The molecule has 3 rings (SSSR count). The van der Waals surface area contributed by atoms with E-state index in [2.05, 4.69) is 69.1 Å². The minimum atomic E-state index is -1.98. The van der Waals surface area contributed by atoms with Crippen LogP contribution in [-0.2, 0) is 80.0 Å². The summed E-state index contributed by atoms with van der Waals surface area (Å²) in [7, 11) is 0. The first-order chi connectivity index (χ1) is 53.1. The van der Waals surface area contributed by atoms with Crippen molar-refractivity contribution in [1.82, 2.24) is 74.0 Å². The summed E-state index contributed by atoms with van der Waals surface area (Å²) in [5.41, 5.74) is 46.0. The molecular formula is C70H115N25O17. The Bertz CT molecular complexity index is 3500.